The Morgan fingerprint density at radius 2 is 1.63 bits per heavy atom. The second-order valence-corrected chi connectivity index (χ2v) is 6.08. The van der Waals surface area contributed by atoms with Gasteiger partial charge in [0.2, 0.25) is 0 Å². The maximum absolute atomic E-state index is 12.7. The van der Waals surface area contributed by atoms with Crippen molar-refractivity contribution in [3.63, 3.8) is 0 Å². The number of alkyl halides is 3. The Morgan fingerprint density at radius 1 is 1.04 bits per heavy atom. The number of halogens is 3. The van der Waals surface area contributed by atoms with E-state index >= 15 is 0 Å². The molecule has 140 valence electrons. The van der Waals surface area contributed by atoms with Gasteiger partial charge in [-0.3, -0.25) is 15.0 Å². The molecule has 2 N–H and O–H groups in total. The summed E-state index contributed by atoms with van der Waals surface area (Å²) in [5.41, 5.74) is 0.244. The lowest BCUT2D eigenvalue weighted by atomic mass is 9.92. The average molecular weight is 377 g/mol. The van der Waals surface area contributed by atoms with E-state index in [4.69, 9.17) is 0 Å². The van der Waals surface area contributed by atoms with Crippen molar-refractivity contribution in [3.05, 3.63) is 71.3 Å². The molecule has 1 aliphatic heterocycles. The van der Waals surface area contributed by atoms with Crippen molar-refractivity contribution < 1.29 is 27.6 Å². The molecular formula is C18H14F3N3O3. The zero-order valence-electron chi connectivity index (χ0n) is 14.0. The maximum atomic E-state index is 12.7. The molecule has 0 bridgehead atoms. The molecule has 0 aromatic heterocycles. The van der Waals surface area contributed by atoms with Gasteiger partial charge in [0, 0.05) is 5.56 Å². The van der Waals surface area contributed by atoms with Gasteiger partial charge in [-0.1, -0.05) is 30.3 Å². The van der Waals surface area contributed by atoms with Gasteiger partial charge < -0.3 is 5.32 Å². The molecule has 1 saturated heterocycles. The van der Waals surface area contributed by atoms with Crippen molar-refractivity contribution in [1.82, 2.24) is 15.8 Å². The summed E-state index contributed by atoms with van der Waals surface area (Å²) in [4.78, 5) is 37.1. The smallest absolute Gasteiger partial charge is 0.318 e. The molecule has 2 aromatic carbocycles. The summed E-state index contributed by atoms with van der Waals surface area (Å²) in [6.45, 7) is 1.49. The number of rotatable bonds is 3. The number of hydrogen-bond donors (Lipinski definition) is 2. The number of nitrogens with zero attached hydrogens (tertiary/aromatic N) is 1. The summed E-state index contributed by atoms with van der Waals surface area (Å²) in [6, 6.07) is 11.0. The van der Waals surface area contributed by atoms with Gasteiger partial charge in [-0.05, 0) is 36.8 Å². The Balaban J connectivity index is 1.78. The van der Waals surface area contributed by atoms with Crippen LogP contribution in [0.4, 0.5) is 18.0 Å². The first-order valence-corrected chi connectivity index (χ1v) is 7.83. The number of urea groups is 1. The van der Waals surface area contributed by atoms with Gasteiger partial charge in [0.05, 0.1) is 5.56 Å². The van der Waals surface area contributed by atoms with Crippen LogP contribution in [0.1, 0.15) is 28.4 Å². The van der Waals surface area contributed by atoms with E-state index in [1.807, 2.05) is 0 Å². The van der Waals surface area contributed by atoms with Crippen LogP contribution in [-0.4, -0.2) is 22.9 Å². The van der Waals surface area contributed by atoms with Crippen LogP contribution in [-0.2, 0) is 16.5 Å². The van der Waals surface area contributed by atoms with Gasteiger partial charge in [0.1, 0.15) is 5.54 Å². The molecule has 0 radical (unpaired) electrons. The standard InChI is InChI=1S/C18H14F3N3O3/c1-17(12-5-3-2-4-6-12)15(26)24(16(27)22-17)23-14(25)11-7-9-13(10-8-11)18(19,20)21/h2-10H,1H3,(H,22,27)(H,23,25). The van der Waals surface area contributed by atoms with Crippen LogP contribution in [0.2, 0.25) is 0 Å². The fourth-order valence-corrected chi connectivity index (χ4v) is 2.68. The minimum absolute atomic E-state index is 0.128. The molecule has 1 atom stereocenters. The second kappa shape index (κ2) is 6.42. The largest absolute Gasteiger partial charge is 0.416 e. The van der Waals surface area contributed by atoms with Crippen molar-refractivity contribution in [2.45, 2.75) is 18.6 Å². The second-order valence-electron chi connectivity index (χ2n) is 6.08. The molecule has 4 amide bonds. The third kappa shape index (κ3) is 3.35. The number of carbonyl (C=O) groups excluding carboxylic acids is 3. The number of amides is 4. The summed E-state index contributed by atoms with van der Waals surface area (Å²) in [5.74, 6) is -1.59. The minimum Gasteiger partial charge on any atom is -0.318 e. The van der Waals surface area contributed by atoms with Crippen LogP contribution in [0.5, 0.6) is 0 Å². The van der Waals surface area contributed by atoms with Crippen molar-refractivity contribution in [2.24, 2.45) is 0 Å². The molecular weight excluding hydrogens is 363 g/mol. The number of imide groups is 1. The topological polar surface area (TPSA) is 78.5 Å². The van der Waals surface area contributed by atoms with Crippen molar-refractivity contribution >= 4 is 17.8 Å². The highest BCUT2D eigenvalue weighted by molar-refractivity contribution is 6.09. The lowest BCUT2D eigenvalue weighted by Gasteiger charge is -2.22. The van der Waals surface area contributed by atoms with Crippen LogP contribution in [0.3, 0.4) is 0 Å². The molecule has 27 heavy (non-hydrogen) atoms. The highest BCUT2D eigenvalue weighted by atomic mass is 19.4. The van der Waals surface area contributed by atoms with Gasteiger partial charge in [0.25, 0.3) is 11.8 Å². The lowest BCUT2D eigenvalue weighted by Crippen LogP contribution is -2.47. The lowest BCUT2D eigenvalue weighted by molar-refractivity contribution is -0.137. The molecule has 1 unspecified atom stereocenters. The van der Waals surface area contributed by atoms with Crippen molar-refractivity contribution in [3.8, 4) is 0 Å². The molecule has 1 fully saturated rings. The number of benzene rings is 2. The Labute approximate surface area is 151 Å². The van der Waals surface area contributed by atoms with E-state index in [-0.39, 0.29) is 5.56 Å². The highest BCUT2D eigenvalue weighted by Gasteiger charge is 2.50. The Kier molecular flexibility index (Phi) is 4.38. The minimum atomic E-state index is -4.53. The summed E-state index contributed by atoms with van der Waals surface area (Å²) in [5, 5.41) is 3.03. The predicted molar refractivity (Wildman–Crippen MR) is 88.1 cm³/mol. The van der Waals surface area contributed by atoms with Crippen LogP contribution >= 0.6 is 0 Å². The first-order valence-electron chi connectivity index (χ1n) is 7.83. The Hall–Kier alpha value is -3.36. The molecule has 1 aliphatic rings. The van der Waals surface area contributed by atoms with E-state index in [1.54, 1.807) is 30.3 Å². The first-order chi connectivity index (χ1) is 12.6. The van der Waals surface area contributed by atoms with Gasteiger partial charge in [0.15, 0.2) is 0 Å². The Bertz CT molecular complexity index is 898. The molecule has 3 rings (SSSR count). The highest BCUT2D eigenvalue weighted by Crippen LogP contribution is 2.30. The molecule has 0 spiro atoms. The van der Waals surface area contributed by atoms with E-state index in [1.165, 1.54) is 6.92 Å². The van der Waals surface area contributed by atoms with E-state index < -0.39 is 35.1 Å². The van der Waals surface area contributed by atoms with E-state index in [0.29, 0.717) is 10.6 Å². The first kappa shape index (κ1) is 18.4. The third-order valence-electron chi connectivity index (χ3n) is 4.23. The molecule has 0 saturated carbocycles. The maximum Gasteiger partial charge on any atom is 0.416 e. The molecule has 6 nitrogen and oxygen atoms in total. The zero-order valence-corrected chi connectivity index (χ0v) is 14.0. The third-order valence-corrected chi connectivity index (χ3v) is 4.23. The zero-order chi connectivity index (χ0) is 19.8. The van der Waals surface area contributed by atoms with Gasteiger partial charge in [-0.2, -0.15) is 18.2 Å². The summed E-state index contributed by atoms with van der Waals surface area (Å²) >= 11 is 0. The van der Waals surface area contributed by atoms with Crippen molar-refractivity contribution in [1.29, 1.82) is 0 Å². The van der Waals surface area contributed by atoms with Crippen molar-refractivity contribution in [2.75, 3.05) is 0 Å². The summed E-state index contributed by atoms with van der Waals surface area (Å²) in [6.07, 6.45) is -4.53. The molecule has 1 heterocycles. The van der Waals surface area contributed by atoms with Crippen LogP contribution in [0, 0.1) is 0 Å². The van der Waals surface area contributed by atoms with Crippen LogP contribution in [0.15, 0.2) is 54.6 Å². The van der Waals surface area contributed by atoms with E-state index in [9.17, 15) is 27.6 Å². The predicted octanol–water partition coefficient (Wildman–Crippen LogP) is 2.82. The number of carbonyl (C=O) groups is 3. The SMILES string of the molecule is CC1(c2ccccc2)NC(=O)N(NC(=O)c2ccc(C(F)(F)F)cc2)C1=O. The summed E-state index contributed by atoms with van der Waals surface area (Å²) in [7, 11) is 0. The fourth-order valence-electron chi connectivity index (χ4n) is 2.68. The van der Waals surface area contributed by atoms with Crippen LogP contribution in [0.25, 0.3) is 0 Å². The normalized spacial score (nSPS) is 19.8. The molecule has 9 heteroatoms. The number of nitrogens with one attached hydrogen (secondary N) is 2. The molecule has 2 aromatic rings. The molecule has 0 aliphatic carbocycles. The van der Waals surface area contributed by atoms with E-state index in [0.717, 1.165) is 24.3 Å². The van der Waals surface area contributed by atoms with Gasteiger partial charge in [-0.25, -0.2) is 4.79 Å². The number of hydrazine groups is 1. The van der Waals surface area contributed by atoms with E-state index in [2.05, 4.69) is 10.7 Å². The number of hydrogen-bond acceptors (Lipinski definition) is 3. The summed E-state index contributed by atoms with van der Waals surface area (Å²) < 4.78 is 37.8. The monoisotopic (exact) mass is 377 g/mol. The van der Waals surface area contributed by atoms with Gasteiger partial charge in [-0.15, -0.1) is 0 Å². The van der Waals surface area contributed by atoms with Crippen LogP contribution < -0.4 is 10.7 Å². The van der Waals surface area contributed by atoms with Gasteiger partial charge >= 0.3 is 12.2 Å². The fraction of sp³-hybridized carbons (Fsp3) is 0.167. The quantitative estimate of drug-likeness (QED) is 0.808. The Morgan fingerprint density at radius 3 is 2.19 bits per heavy atom. The average Bonchev–Trinajstić information content (AvgIpc) is 2.86.